The van der Waals surface area contributed by atoms with Crippen LogP contribution in [0.4, 0.5) is 9.59 Å². The fourth-order valence-corrected chi connectivity index (χ4v) is 11.3. The summed E-state index contributed by atoms with van der Waals surface area (Å²) in [5.41, 5.74) is 0. The van der Waals surface area contributed by atoms with Gasteiger partial charge in [-0.3, -0.25) is 0 Å². The zero-order valence-electron chi connectivity index (χ0n) is 33.8. The summed E-state index contributed by atoms with van der Waals surface area (Å²) in [5, 5.41) is 5.56. The van der Waals surface area contributed by atoms with Gasteiger partial charge in [0.1, 0.15) is 19.8 Å². The van der Waals surface area contributed by atoms with Crippen LogP contribution >= 0.6 is 11.8 Å². The Labute approximate surface area is 331 Å². The normalized spacial score (nSPS) is 12.6. The van der Waals surface area contributed by atoms with Crippen molar-refractivity contribution >= 4 is 47.5 Å². The molecule has 0 heterocycles. The Balaban J connectivity index is 4.68. The summed E-state index contributed by atoms with van der Waals surface area (Å²) in [6, 6.07) is 1.23. The van der Waals surface area contributed by atoms with E-state index in [0.717, 1.165) is 37.5 Å². The van der Waals surface area contributed by atoms with E-state index in [0.29, 0.717) is 95.9 Å². The lowest BCUT2D eigenvalue weighted by atomic mass is 9.96. The molecule has 0 radical (unpaired) electrons. The minimum atomic E-state index is -2.74. The summed E-state index contributed by atoms with van der Waals surface area (Å²) in [5.74, 6) is 1.60. The molecule has 0 aromatic heterocycles. The molecule has 0 spiro atoms. The van der Waals surface area contributed by atoms with Gasteiger partial charge in [-0.05, 0) is 91.7 Å². The fraction of sp³-hybridized carbons (Fsp3) is 0.757. The molecule has 2 amide bonds. The van der Waals surface area contributed by atoms with E-state index in [2.05, 4.69) is 17.2 Å². The number of nitrogens with one attached hydrogen (secondary N) is 2. The molecule has 14 nitrogen and oxygen atoms in total. The van der Waals surface area contributed by atoms with E-state index in [-0.39, 0.29) is 13.2 Å². The Bertz CT molecular complexity index is 1010. The summed E-state index contributed by atoms with van der Waals surface area (Å²) in [7, 11) is -5.47. The van der Waals surface area contributed by atoms with Crippen LogP contribution in [-0.4, -0.2) is 120 Å². The number of alkyl carbamates (subject to hydrolysis) is 2. The van der Waals surface area contributed by atoms with Gasteiger partial charge in [0, 0.05) is 76.6 Å². The molecule has 314 valence electrons. The first-order chi connectivity index (χ1) is 26.2. The number of allylic oxidation sites excluding steroid dienone is 2. The lowest BCUT2D eigenvalue weighted by Crippen LogP contribution is -2.46. The van der Waals surface area contributed by atoms with Crippen LogP contribution in [0, 0.1) is 5.92 Å². The Morgan fingerprint density at radius 2 is 1.09 bits per heavy atom. The first-order valence-corrected chi connectivity index (χ1v) is 24.5. The molecule has 0 aliphatic heterocycles. The molecule has 0 aromatic rings. The summed E-state index contributed by atoms with van der Waals surface area (Å²) < 4.78 is 50.8. The Morgan fingerprint density at radius 1 is 0.630 bits per heavy atom. The third kappa shape index (κ3) is 27.4. The number of carbonyl (C=O) groups is 3. The highest BCUT2D eigenvalue weighted by atomic mass is 32.2. The maximum atomic E-state index is 12.2. The quantitative estimate of drug-likeness (QED) is 0.0165. The number of ether oxygens (including phenoxy) is 3. The topological polar surface area (TPSA) is 158 Å². The van der Waals surface area contributed by atoms with Crippen molar-refractivity contribution in [2.24, 2.45) is 5.92 Å². The van der Waals surface area contributed by atoms with Crippen LogP contribution in [0.3, 0.4) is 0 Å². The molecule has 0 saturated carbocycles. The Morgan fingerprint density at radius 3 is 1.54 bits per heavy atom. The minimum absolute atomic E-state index is 0.172. The summed E-state index contributed by atoms with van der Waals surface area (Å²) in [4.78, 5) is 35.7. The van der Waals surface area contributed by atoms with Crippen molar-refractivity contribution in [1.82, 2.24) is 10.6 Å². The molecule has 0 fully saturated rings. The number of esters is 1. The van der Waals surface area contributed by atoms with E-state index < -0.39 is 35.8 Å². The summed E-state index contributed by atoms with van der Waals surface area (Å²) in [6.07, 6.45) is 12.9. The van der Waals surface area contributed by atoms with Crippen LogP contribution in [-0.2, 0) is 45.6 Å². The molecule has 2 N–H and O–H groups in total. The first kappa shape index (κ1) is 51.8. The van der Waals surface area contributed by atoms with Crippen molar-refractivity contribution in [3.8, 4) is 0 Å². The molecule has 1 atom stereocenters. The largest absolute Gasteiger partial charge is 0.500 e. The Hall–Kier alpha value is -2.23. The number of hydrogen-bond acceptors (Lipinski definition) is 13. The van der Waals surface area contributed by atoms with E-state index in [1.54, 1.807) is 11.8 Å². The fourth-order valence-electron chi connectivity index (χ4n) is 5.21. The molecule has 0 aromatic carbocycles. The van der Waals surface area contributed by atoms with Gasteiger partial charge < -0.3 is 51.4 Å². The lowest BCUT2D eigenvalue weighted by molar-refractivity contribution is -0.137. The second-order valence-electron chi connectivity index (χ2n) is 11.6. The van der Waals surface area contributed by atoms with Crippen LogP contribution < -0.4 is 10.6 Å². The number of carbonyl (C=O) groups excluding carboxylic acids is 3. The first-order valence-electron chi connectivity index (χ1n) is 19.5. The average molecular weight is 823 g/mol. The van der Waals surface area contributed by atoms with Gasteiger partial charge >= 0.3 is 35.8 Å². The van der Waals surface area contributed by atoms with Crippen LogP contribution in [0.5, 0.6) is 0 Å². The van der Waals surface area contributed by atoms with Gasteiger partial charge in [-0.1, -0.05) is 30.9 Å². The SMILES string of the molecule is C=CC(=O)OCCSCCC(CC=CCOC(=O)NCCC[Si](OCC)(OCC)OCC)CCC=CCOC(=O)NCCC[Si](OCC)(OCC)OCC. The molecule has 0 bridgehead atoms. The standard InChI is InChI=1S/C37H70N2O12SSi2/c1-8-35(40)43-29-31-52-30-24-34(23-17-19-28-45-37(42)39-26-21-33-54(49-12-5,50-13-6)51-14-7)22-16-15-18-27-44-36(41)38-25-20-32-53(46-9-2,47-10-3)48-11-4/h8,15,17-19,34H,1,9-14,16,20-33H2,2-7H3,(H,38,41)(H,39,42). The van der Waals surface area contributed by atoms with Gasteiger partial charge in [0.2, 0.25) is 0 Å². The van der Waals surface area contributed by atoms with Crippen molar-refractivity contribution in [2.75, 3.05) is 84.1 Å². The zero-order valence-corrected chi connectivity index (χ0v) is 36.6. The molecule has 0 aliphatic rings. The highest BCUT2D eigenvalue weighted by Gasteiger charge is 2.40. The number of rotatable bonds is 36. The highest BCUT2D eigenvalue weighted by Crippen LogP contribution is 2.21. The molecule has 17 heteroatoms. The maximum Gasteiger partial charge on any atom is 0.500 e. The van der Waals surface area contributed by atoms with Gasteiger partial charge in [0.05, 0.1) is 0 Å². The summed E-state index contributed by atoms with van der Waals surface area (Å²) >= 11 is 1.73. The van der Waals surface area contributed by atoms with Crippen LogP contribution in [0.25, 0.3) is 0 Å². The average Bonchev–Trinajstić information content (AvgIpc) is 3.14. The highest BCUT2D eigenvalue weighted by molar-refractivity contribution is 7.99. The van der Waals surface area contributed by atoms with Crippen LogP contribution in [0.15, 0.2) is 37.0 Å². The van der Waals surface area contributed by atoms with Gasteiger partial charge in [-0.2, -0.15) is 11.8 Å². The van der Waals surface area contributed by atoms with Crippen molar-refractivity contribution < 1.29 is 55.2 Å². The van der Waals surface area contributed by atoms with Crippen molar-refractivity contribution in [2.45, 2.75) is 92.2 Å². The smallest absolute Gasteiger partial charge is 0.462 e. The maximum absolute atomic E-state index is 12.2. The van der Waals surface area contributed by atoms with Crippen LogP contribution in [0.2, 0.25) is 12.1 Å². The third-order valence-corrected chi connectivity index (χ3v) is 14.8. The molecular weight excluding hydrogens is 753 g/mol. The minimum Gasteiger partial charge on any atom is -0.462 e. The number of hydrogen-bond donors (Lipinski definition) is 2. The molecule has 54 heavy (non-hydrogen) atoms. The number of thioether (sulfide) groups is 1. The molecule has 1 unspecified atom stereocenters. The van der Waals surface area contributed by atoms with Crippen molar-refractivity contribution in [3.05, 3.63) is 37.0 Å². The zero-order chi connectivity index (χ0) is 40.2. The van der Waals surface area contributed by atoms with Gasteiger partial charge in [-0.25, -0.2) is 14.4 Å². The number of amides is 2. The van der Waals surface area contributed by atoms with Gasteiger partial charge in [0.25, 0.3) is 0 Å². The second kappa shape index (κ2) is 35.2. The Kier molecular flexibility index (Phi) is 33.8. The van der Waals surface area contributed by atoms with Crippen molar-refractivity contribution in [1.29, 1.82) is 0 Å². The third-order valence-electron chi connectivity index (χ3n) is 7.52. The van der Waals surface area contributed by atoms with E-state index >= 15 is 0 Å². The van der Waals surface area contributed by atoms with E-state index in [1.165, 1.54) is 0 Å². The van der Waals surface area contributed by atoms with Crippen LogP contribution in [0.1, 0.15) is 80.1 Å². The monoisotopic (exact) mass is 822 g/mol. The predicted molar refractivity (Wildman–Crippen MR) is 218 cm³/mol. The van der Waals surface area contributed by atoms with Crippen molar-refractivity contribution in [3.63, 3.8) is 0 Å². The van der Waals surface area contributed by atoms with E-state index in [1.807, 2.05) is 65.8 Å². The molecule has 0 aliphatic carbocycles. The van der Waals surface area contributed by atoms with E-state index in [4.69, 9.17) is 40.8 Å². The molecule has 0 rings (SSSR count). The summed E-state index contributed by atoms with van der Waals surface area (Å²) in [6.45, 7) is 19.6. The molecular formula is C37H70N2O12SSi2. The van der Waals surface area contributed by atoms with Gasteiger partial charge in [0.15, 0.2) is 0 Å². The van der Waals surface area contributed by atoms with Gasteiger partial charge in [-0.15, -0.1) is 0 Å². The van der Waals surface area contributed by atoms with E-state index in [9.17, 15) is 14.4 Å². The predicted octanol–water partition coefficient (Wildman–Crippen LogP) is 7.07. The lowest BCUT2D eigenvalue weighted by Gasteiger charge is -2.28. The second-order valence-corrected chi connectivity index (χ2v) is 18.3. The molecule has 0 saturated heterocycles.